The van der Waals surface area contributed by atoms with Crippen LogP contribution in [0.3, 0.4) is 0 Å². The lowest BCUT2D eigenvalue weighted by Crippen LogP contribution is -2.37. The first kappa shape index (κ1) is 13.9. The quantitative estimate of drug-likeness (QED) is 0.880. The van der Waals surface area contributed by atoms with E-state index in [4.69, 9.17) is 0 Å². The van der Waals surface area contributed by atoms with E-state index in [2.05, 4.69) is 4.98 Å². The van der Waals surface area contributed by atoms with E-state index in [1.54, 1.807) is 0 Å². The lowest BCUT2D eigenvalue weighted by Gasteiger charge is -2.15. The fraction of sp³-hybridized carbons (Fsp3) is 0.429. The first-order valence-corrected chi connectivity index (χ1v) is 6.74. The van der Waals surface area contributed by atoms with Gasteiger partial charge >= 0.3 is 11.9 Å². The molecule has 1 N–H and O–H groups in total. The Hall–Kier alpha value is -2.05. The van der Waals surface area contributed by atoms with Crippen LogP contribution in [0.5, 0.6) is 0 Å². The minimum absolute atomic E-state index is 0.101. The van der Waals surface area contributed by atoms with Crippen molar-refractivity contribution in [3.8, 4) is 0 Å². The van der Waals surface area contributed by atoms with Crippen LogP contribution in [0.1, 0.15) is 37.3 Å². The van der Waals surface area contributed by atoms with Gasteiger partial charge in [0.15, 0.2) is 0 Å². The fourth-order valence-corrected chi connectivity index (χ4v) is 2.98. The molecule has 0 aliphatic heterocycles. The van der Waals surface area contributed by atoms with Gasteiger partial charge in [-0.05, 0) is 25.0 Å². The molecule has 0 bridgehead atoms. The van der Waals surface area contributed by atoms with Gasteiger partial charge in [-0.2, -0.15) is 13.2 Å². The molecule has 0 atom stereocenters. The maximum atomic E-state index is 13.0. The highest BCUT2D eigenvalue weighted by molar-refractivity contribution is 5.81. The summed E-state index contributed by atoms with van der Waals surface area (Å²) in [4.78, 5) is 26.7. The van der Waals surface area contributed by atoms with E-state index in [9.17, 15) is 22.8 Å². The number of hydrogen-bond donors (Lipinski definition) is 1. The summed E-state index contributed by atoms with van der Waals surface area (Å²) in [6, 6.07) is 3.13. The molecule has 0 amide bonds. The molecule has 7 heteroatoms. The number of nitrogens with one attached hydrogen (secondary N) is 1. The second-order valence-corrected chi connectivity index (χ2v) is 5.27. The molecule has 1 heterocycles. The highest BCUT2D eigenvalue weighted by atomic mass is 19.4. The lowest BCUT2D eigenvalue weighted by molar-refractivity contribution is -0.136. The maximum Gasteiger partial charge on any atom is 0.418 e. The molecule has 0 radical (unpaired) electrons. The van der Waals surface area contributed by atoms with Gasteiger partial charge in [0.05, 0.1) is 16.5 Å². The van der Waals surface area contributed by atoms with Crippen molar-refractivity contribution in [1.82, 2.24) is 9.55 Å². The Labute approximate surface area is 117 Å². The van der Waals surface area contributed by atoms with Crippen molar-refractivity contribution in [2.75, 3.05) is 0 Å². The van der Waals surface area contributed by atoms with Crippen molar-refractivity contribution >= 4 is 10.9 Å². The summed E-state index contributed by atoms with van der Waals surface area (Å²) in [5.74, 6) is 0. The second-order valence-electron chi connectivity index (χ2n) is 5.27. The zero-order chi connectivity index (χ0) is 15.2. The molecule has 1 aromatic carbocycles. The molecule has 1 aliphatic rings. The smallest absolute Gasteiger partial charge is 0.306 e. The van der Waals surface area contributed by atoms with Crippen LogP contribution in [0.25, 0.3) is 10.9 Å². The monoisotopic (exact) mass is 298 g/mol. The summed E-state index contributed by atoms with van der Waals surface area (Å²) < 4.78 is 39.9. The maximum absolute atomic E-state index is 13.0. The average molecular weight is 298 g/mol. The van der Waals surface area contributed by atoms with Gasteiger partial charge < -0.3 is 4.98 Å². The summed E-state index contributed by atoms with van der Waals surface area (Å²) in [5, 5.41) is -0.101. The first-order valence-electron chi connectivity index (χ1n) is 6.74. The molecule has 2 aromatic rings. The number of H-pyrrole nitrogens is 1. The number of para-hydroxylation sites is 1. The molecule has 112 valence electrons. The Balaban J connectivity index is 2.33. The molecule has 1 saturated carbocycles. The topological polar surface area (TPSA) is 54.9 Å². The number of benzene rings is 1. The van der Waals surface area contributed by atoms with Gasteiger partial charge in [-0.3, -0.25) is 9.36 Å². The lowest BCUT2D eigenvalue weighted by atomic mass is 10.1. The molecular formula is C14H13F3N2O2. The van der Waals surface area contributed by atoms with Crippen molar-refractivity contribution in [3.05, 3.63) is 44.6 Å². The Kier molecular flexibility index (Phi) is 3.15. The third-order valence-electron chi connectivity index (χ3n) is 3.96. The molecule has 1 aliphatic carbocycles. The van der Waals surface area contributed by atoms with Gasteiger partial charge in [-0.15, -0.1) is 0 Å². The van der Waals surface area contributed by atoms with Crippen LogP contribution in [0.15, 0.2) is 27.8 Å². The van der Waals surface area contributed by atoms with Crippen LogP contribution in [-0.4, -0.2) is 9.55 Å². The van der Waals surface area contributed by atoms with E-state index in [1.807, 2.05) is 0 Å². The van der Waals surface area contributed by atoms with Gasteiger partial charge in [0.25, 0.3) is 5.56 Å². The average Bonchev–Trinajstić information content (AvgIpc) is 2.90. The van der Waals surface area contributed by atoms with Crippen molar-refractivity contribution in [3.63, 3.8) is 0 Å². The molecule has 3 rings (SSSR count). The van der Waals surface area contributed by atoms with Crippen molar-refractivity contribution in [1.29, 1.82) is 0 Å². The first-order chi connectivity index (χ1) is 9.89. The summed E-state index contributed by atoms with van der Waals surface area (Å²) >= 11 is 0. The van der Waals surface area contributed by atoms with Crippen molar-refractivity contribution < 1.29 is 13.2 Å². The predicted molar refractivity (Wildman–Crippen MR) is 71.3 cm³/mol. The van der Waals surface area contributed by atoms with E-state index in [-0.39, 0.29) is 11.4 Å². The minimum atomic E-state index is -4.62. The molecule has 0 unspecified atom stereocenters. The Bertz CT molecular complexity index is 798. The van der Waals surface area contributed by atoms with Gasteiger partial charge in [0.1, 0.15) is 0 Å². The highest BCUT2D eigenvalue weighted by Crippen LogP contribution is 2.33. The molecule has 1 fully saturated rings. The molecule has 0 spiro atoms. The van der Waals surface area contributed by atoms with Gasteiger partial charge in [0, 0.05) is 6.04 Å². The molecule has 21 heavy (non-hydrogen) atoms. The van der Waals surface area contributed by atoms with Crippen LogP contribution in [-0.2, 0) is 6.18 Å². The zero-order valence-corrected chi connectivity index (χ0v) is 11.0. The number of nitrogens with zero attached hydrogens (tertiary/aromatic N) is 1. The SMILES string of the molecule is O=c1[nH]c2c(C(F)(F)F)cccc2c(=O)n1C1CCCC1. The number of aromatic amines is 1. The minimum Gasteiger partial charge on any atom is -0.306 e. The summed E-state index contributed by atoms with van der Waals surface area (Å²) in [7, 11) is 0. The van der Waals surface area contributed by atoms with Crippen LogP contribution in [0.4, 0.5) is 13.2 Å². The third kappa shape index (κ3) is 2.26. The van der Waals surface area contributed by atoms with Gasteiger partial charge in [0.2, 0.25) is 0 Å². The number of fused-ring (bicyclic) bond motifs is 1. The molecule has 1 aromatic heterocycles. The van der Waals surface area contributed by atoms with Gasteiger partial charge in [-0.1, -0.05) is 18.9 Å². The largest absolute Gasteiger partial charge is 0.418 e. The fourth-order valence-electron chi connectivity index (χ4n) is 2.98. The predicted octanol–water partition coefficient (Wildman–Crippen LogP) is 2.82. The molecule has 0 saturated heterocycles. The summed E-state index contributed by atoms with van der Waals surface area (Å²) in [6.07, 6.45) is -1.39. The third-order valence-corrected chi connectivity index (χ3v) is 3.96. The molecular weight excluding hydrogens is 285 g/mol. The van der Waals surface area contributed by atoms with E-state index < -0.39 is 28.5 Å². The standard InChI is InChI=1S/C14H13F3N2O2/c15-14(16,17)10-7-3-6-9-11(10)18-13(21)19(12(9)20)8-4-1-2-5-8/h3,6-8H,1-2,4-5H2,(H,18,21). The van der Waals surface area contributed by atoms with E-state index in [0.29, 0.717) is 12.8 Å². The van der Waals surface area contributed by atoms with Crippen LogP contribution >= 0.6 is 0 Å². The number of aromatic nitrogens is 2. The van der Waals surface area contributed by atoms with Crippen molar-refractivity contribution in [2.24, 2.45) is 0 Å². The normalized spacial score (nSPS) is 16.7. The summed E-state index contributed by atoms with van der Waals surface area (Å²) in [5.41, 5.74) is -2.84. The number of halogens is 3. The second kappa shape index (κ2) is 4.75. The molecule has 4 nitrogen and oxygen atoms in total. The van der Waals surface area contributed by atoms with Gasteiger partial charge in [-0.25, -0.2) is 4.79 Å². The van der Waals surface area contributed by atoms with E-state index in [1.165, 1.54) is 12.1 Å². The Morgan fingerprint density at radius 1 is 1.14 bits per heavy atom. The Morgan fingerprint density at radius 3 is 2.43 bits per heavy atom. The highest BCUT2D eigenvalue weighted by Gasteiger charge is 2.34. The number of hydrogen-bond acceptors (Lipinski definition) is 2. The Morgan fingerprint density at radius 2 is 1.81 bits per heavy atom. The summed E-state index contributed by atoms with van der Waals surface area (Å²) in [6.45, 7) is 0. The van der Waals surface area contributed by atoms with Crippen LogP contribution in [0.2, 0.25) is 0 Å². The van der Waals surface area contributed by atoms with E-state index in [0.717, 1.165) is 23.5 Å². The van der Waals surface area contributed by atoms with Crippen LogP contribution < -0.4 is 11.2 Å². The number of rotatable bonds is 1. The van der Waals surface area contributed by atoms with Crippen LogP contribution in [0, 0.1) is 0 Å². The zero-order valence-electron chi connectivity index (χ0n) is 11.0. The van der Waals surface area contributed by atoms with E-state index >= 15 is 0 Å². The van der Waals surface area contributed by atoms with Crippen molar-refractivity contribution in [2.45, 2.75) is 37.9 Å². The number of alkyl halides is 3.